The highest BCUT2D eigenvalue weighted by Crippen LogP contribution is 2.18. The van der Waals surface area contributed by atoms with E-state index >= 15 is 0 Å². The molecule has 6 nitrogen and oxygen atoms in total. The van der Waals surface area contributed by atoms with Crippen LogP contribution in [-0.2, 0) is 9.53 Å². The maximum Gasteiger partial charge on any atom is 0.308 e. The van der Waals surface area contributed by atoms with Crippen LogP contribution in [-0.4, -0.2) is 57.2 Å². The fourth-order valence-electron chi connectivity index (χ4n) is 3.17. The number of halogens is 1. The molecular weight excluding hydrogens is 445 g/mol. The van der Waals surface area contributed by atoms with Crippen molar-refractivity contribution in [2.24, 2.45) is 10.9 Å². The number of ether oxygens (including phenoxy) is 2. The highest BCUT2D eigenvalue weighted by Gasteiger charge is 2.26. The summed E-state index contributed by atoms with van der Waals surface area (Å²) in [4.78, 5) is 18.1. The van der Waals surface area contributed by atoms with E-state index in [2.05, 4.69) is 35.1 Å². The van der Waals surface area contributed by atoms with Crippen LogP contribution in [0.25, 0.3) is 0 Å². The summed E-state index contributed by atoms with van der Waals surface area (Å²) in [5, 5.41) is 3.33. The van der Waals surface area contributed by atoms with Gasteiger partial charge in [0.1, 0.15) is 12.4 Å². The Morgan fingerprint density at radius 1 is 1.23 bits per heavy atom. The van der Waals surface area contributed by atoms with Crippen LogP contribution >= 0.6 is 24.0 Å². The number of hydrogen-bond acceptors (Lipinski definition) is 4. The second-order valence-corrected chi connectivity index (χ2v) is 6.43. The quantitative estimate of drug-likeness (QED) is 0.233. The molecule has 0 aromatic heterocycles. The summed E-state index contributed by atoms with van der Waals surface area (Å²) in [6.45, 7) is 6.99. The van der Waals surface area contributed by atoms with E-state index in [1.165, 1.54) is 18.2 Å². The third-order valence-electron chi connectivity index (χ3n) is 4.39. The van der Waals surface area contributed by atoms with Gasteiger partial charge in [-0.1, -0.05) is 6.07 Å². The second-order valence-electron chi connectivity index (χ2n) is 6.43. The molecule has 0 aliphatic carbocycles. The first-order chi connectivity index (χ1) is 12.0. The molecule has 7 heteroatoms. The van der Waals surface area contributed by atoms with Gasteiger partial charge in [0.15, 0.2) is 5.96 Å². The van der Waals surface area contributed by atoms with Crippen molar-refractivity contribution in [3.8, 4) is 5.75 Å². The number of piperidine rings is 1. The van der Waals surface area contributed by atoms with Crippen LogP contribution in [0, 0.1) is 19.8 Å². The van der Waals surface area contributed by atoms with E-state index in [4.69, 9.17) is 9.47 Å². The van der Waals surface area contributed by atoms with Gasteiger partial charge in [0, 0.05) is 20.1 Å². The van der Waals surface area contributed by atoms with Gasteiger partial charge in [-0.3, -0.25) is 9.79 Å². The fourth-order valence-corrected chi connectivity index (χ4v) is 3.17. The first-order valence-corrected chi connectivity index (χ1v) is 8.78. The van der Waals surface area contributed by atoms with E-state index in [-0.39, 0.29) is 35.9 Å². The van der Waals surface area contributed by atoms with Crippen molar-refractivity contribution in [1.82, 2.24) is 10.2 Å². The van der Waals surface area contributed by atoms with Crippen LogP contribution in [0.15, 0.2) is 23.2 Å². The first kappa shape index (κ1) is 22.5. The van der Waals surface area contributed by atoms with Crippen LogP contribution < -0.4 is 10.1 Å². The predicted molar refractivity (Wildman–Crippen MR) is 115 cm³/mol. The highest BCUT2D eigenvalue weighted by atomic mass is 127. The topological polar surface area (TPSA) is 63.2 Å². The van der Waals surface area contributed by atoms with Crippen LogP contribution in [0.1, 0.15) is 24.0 Å². The van der Waals surface area contributed by atoms with Crippen molar-refractivity contribution in [2.45, 2.75) is 26.7 Å². The van der Waals surface area contributed by atoms with Gasteiger partial charge in [0.05, 0.1) is 19.6 Å². The van der Waals surface area contributed by atoms with E-state index in [0.717, 1.165) is 37.6 Å². The van der Waals surface area contributed by atoms with Gasteiger partial charge in [-0.05, 0) is 49.9 Å². The molecule has 1 N–H and O–H groups in total. The van der Waals surface area contributed by atoms with Crippen molar-refractivity contribution in [1.29, 1.82) is 0 Å². The number of aryl methyl sites for hydroxylation is 2. The largest absolute Gasteiger partial charge is 0.492 e. The van der Waals surface area contributed by atoms with Crippen molar-refractivity contribution >= 4 is 35.9 Å². The summed E-state index contributed by atoms with van der Waals surface area (Å²) in [6.07, 6.45) is 1.60. The van der Waals surface area contributed by atoms with Crippen LogP contribution in [0.5, 0.6) is 5.75 Å². The Morgan fingerprint density at radius 3 is 2.38 bits per heavy atom. The number of guanidine groups is 1. The summed E-state index contributed by atoms with van der Waals surface area (Å²) in [5.74, 6) is 1.65. The molecule has 1 aliphatic heterocycles. The third kappa shape index (κ3) is 6.66. The number of nitrogens with one attached hydrogen (secondary N) is 1. The number of nitrogens with zero attached hydrogens (tertiary/aromatic N) is 2. The Bertz CT molecular complexity index is 594. The summed E-state index contributed by atoms with van der Waals surface area (Å²) >= 11 is 0. The number of benzene rings is 1. The Hall–Kier alpha value is -1.51. The molecule has 0 unspecified atom stereocenters. The summed E-state index contributed by atoms with van der Waals surface area (Å²) < 4.78 is 10.6. The van der Waals surface area contributed by atoms with Crippen LogP contribution in [0.2, 0.25) is 0 Å². The SMILES string of the molecule is CN=C(NCCOc1cc(C)cc(C)c1)N1CCC(C(=O)OC)CC1.I. The molecule has 1 fully saturated rings. The molecule has 1 aliphatic rings. The number of carbonyl (C=O) groups is 1. The van der Waals surface area contributed by atoms with Gasteiger partial charge in [-0.2, -0.15) is 0 Å². The van der Waals surface area contributed by atoms with Gasteiger partial charge in [0.25, 0.3) is 0 Å². The smallest absolute Gasteiger partial charge is 0.308 e. The predicted octanol–water partition coefficient (Wildman–Crippen LogP) is 2.76. The zero-order valence-corrected chi connectivity index (χ0v) is 18.4. The lowest BCUT2D eigenvalue weighted by Gasteiger charge is -2.33. The van der Waals surface area contributed by atoms with Crippen molar-refractivity contribution in [2.75, 3.05) is 40.4 Å². The molecule has 146 valence electrons. The van der Waals surface area contributed by atoms with Gasteiger partial charge >= 0.3 is 5.97 Å². The monoisotopic (exact) mass is 475 g/mol. The van der Waals surface area contributed by atoms with Crippen LogP contribution in [0.3, 0.4) is 0 Å². The van der Waals surface area contributed by atoms with Crippen molar-refractivity contribution in [3.63, 3.8) is 0 Å². The Balaban J connectivity index is 0.00000338. The van der Waals surface area contributed by atoms with E-state index in [1.54, 1.807) is 7.05 Å². The van der Waals surface area contributed by atoms with Crippen LogP contribution in [0.4, 0.5) is 0 Å². The number of hydrogen-bond donors (Lipinski definition) is 1. The number of likely N-dealkylation sites (tertiary alicyclic amines) is 1. The lowest BCUT2D eigenvalue weighted by atomic mass is 9.97. The van der Waals surface area contributed by atoms with E-state index in [1.807, 2.05) is 12.1 Å². The molecule has 0 bridgehead atoms. The number of methoxy groups -OCH3 is 1. The normalized spacial score (nSPS) is 15.2. The summed E-state index contributed by atoms with van der Waals surface area (Å²) in [6, 6.07) is 6.21. The lowest BCUT2D eigenvalue weighted by molar-refractivity contribution is -0.146. The molecule has 0 radical (unpaired) electrons. The maximum atomic E-state index is 11.6. The minimum atomic E-state index is -0.107. The second kappa shape index (κ2) is 11.3. The molecule has 1 saturated heterocycles. The minimum Gasteiger partial charge on any atom is -0.492 e. The zero-order chi connectivity index (χ0) is 18.2. The lowest BCUT2D eigenvalue weighted by Crippen LogP contribution is -2.47. The molecule has 1 aromatic carbocycles. The molecule has 2 rings (SSSR count). The highest BCUT2D eigenvalue weighted by molar-refractivity contribution is 14.0. The van der Waals surface area contributed by atoms with Gasteiger partial charge in [-0.15, -0.1) is 24.0 Å². The molecule has 1 aromatic rings. The maximum absolute atomic E-state index is 11.6. The first-order valence-electron chi connectivity index (χ1n) is 8.78. The molecule has 0 spiro atoms. The molecule has 0 atom stereocenters. The number of carbonyl (C=O) groups excluding carboxylic acids is 1. The van der Waals surface area contributed by atoms with E-state index in [9.17, 15) is 4.79 Å². The summed E-state index contributed by atoms with van der Waals surface area (Å²) in [7, 11) is 3.23. The Labute approximate surface area is 173 Å². The average Bonchev–Trinajstić information content (AvgIpc) is 2.60. The standard InChI is InChI=1S/C19H29N3O3.HI/c1-14-11-15(2)13-17(12-14)25-10-7-21-19(20-3)22-8-5-16(6-9-22)18(23)24-4;/h11-13,16H,5-10H2,1-4H3,(H,20,21);1H. The van der Waals surface area contributed by atoms with Gasteiger partial charge in [0.2, 0.25) is 0 Å². The fraction of sp³-hybridized carbons (Fsp3) is 0.579. The Morgan fingerprint density at radius 2 is 1.85 bits per heavy atom. The van der Waals surface area contributed by atoms with E-state index < -0.39 is 0 Å². The van der Waals surface area contributed by atoms with Gasteiger partial charge < -0.3 is 19.7 Å². The zero-order valence-electron chi connectivity index (χ0n) is 16.1. The summed E-state index contributed by atoms with van der Waals surface area (Å²) in [5.41, 5.74) is 2.40. The molecule has 0 amide bonds. The molecular formula is C19H30IN3O3. The number of rotatable bonds is 5. The van der Waals surface area contributed by atoms with Crippen molar-refractivity contribution in [3.05, 3.63) is 29.3 Å². The molecule has 26 heavy (non-hydrogen) atoms. The molecule has 1 heterocycles. The number of esters is 1. The number of aliphatic imine (C=N–C) groups is 1. The van der Waals surface area contributed by atoms with Gasteiger partial charge in [-0.25, -0.2) is 0 Å². The molecule has 0 saturated carbocycles. The average molecular weight is 475 g/mol. The van der Waals surface area contributed by atoms with E-state index in [0.29, 0.717) is 13.2 Å². The van der Waals surface area contributed by atoms with Crippen molar-refractivity contribution < 1.29 is 14.3 Å². The third-order valence-corrected chi connectivity index (χ3v) is 4.39. The minimum absolute atomic E-state index is 0. The Kier molecular flexibility index (Phi) is 9.75.